The van der Waals surface area contributed by atoms with Gasteiger partial charge in [-0.15, -0.1) is 10.2 Å². The van der Waals surface area contributed by atoms with E-state index in [1.165, 1.54) is 30.2 Å². The summed E-state index contributed by atoms with van der Waals surface area (Å²) in [7, 11) is 1.34. The Balaban J connectivity index is 1.70. The predicted octanol–water partition coefficient (Wildman–Crippen LogP) is 4.44. The number of rotatable bonds is 4. The lowest BCUT2D eigenvalue weighted by Crippen LogP contribution is -2.28. The van der Waals surface area contributed by atoms with E-state index in [1.54, 1.807) is 35.2 Å². The van der Waals surface area contributed by atoms with Crippen molar-refractivity contribution in [2.45, 2.75) is 6.92 Å². The van der Waals surface area contributed by atoms with Crippen molar-refractivity contribution < 1.29 is 14.3 Å². The third-order valence-corrected chi connectivity index (χ3v) is 5.86. The molecule has 0 unspecified atom stereocenters. The van der Waals surface area contributed by atoms with E-state index in [4.69, 9.17) is 4.74 Å². The van der Waals surface area contributed by atoms with Crippen LogP contribution < -0.4 is 4.90 Å². The minimum Gasteiger partial charge on any atom is -0.465 e. The number of aryl methyl sites for hydroxylation is 1. The number of amidine groups is 1. The van der Waals surface area contributed by atoms with Gasteiger partial charge < -0.3 is 4.74 Å². The molecule has 0 N–H and O–H groups in total. The number of benzene rings is 2. The standard InChI is InChI=1S/C21H16N4O3S2/c1-13-23-24-20(29-13)22-21-25(16-6-4-3-5-7-16)18(26)17(30-21)12-14-8-10-15(11-9-14)19(27)28-2/h3-12H,1-2H3/b17-12-,22-21+. The Morgan fingerprint density at radius 2 is 1.83 bits per heavy atom. The quantitative estimate of drug-likeness (QED) is 0.444. The van der Waals surface area contributed by atoms with Crippen LogP contribution in [-0.2, 0) is 9.53 Å². The van der Waals surface area contributed by atoms with Crippen molar-refractivity contribution in [1.29, 1.82) is 0 Å². The van der Waals surface area contributed by atoms with Crippen molar-refractivity contribution in [3.63, 3.8) is 0 Å². The Labute approximate surface area is 181 Å². The number of esters is 1. The molecule has 1 saturated heterocycles. The molecule has 1 aliphatic heterocycles. The molecule has 0 bridgehead atoms. The SMILES string of the molecule is COC(=O)c1ccc(/C=C2\S/C(=N/c3nnc(C)s3)N(c3ccccc3)C2=O)cc1. The van der Waals surface area contributed by atoms with Crippen molar-refractivity contribution in [2.24, 2.45) is 4.99 Å². The van der Waals surface area contributed by atoms with Gasteiger partial charge in [0.25, 0.3) is 5.91 Å². The van der Waals surface area contributed by atoms with Crippen LogP contribution in [0, 0.1) is 6.92 Å². The van der Waals surface area contributed by atoms with Crippen LogP contribution in [0.2, 0.25) is 0 Å². The van der Waals surface area contributed by atoms with Gasteiger partial charge in [0.05, 0.1) is 23.3 Å². The Morgan fingerprint density at radius 3 is 2.47 bits per heavy atom. The van der Waals surface area contributed by atoms with Crippen LogP contribution in [-0.4, -0.2) is 34.4 Å². The molecule has 30 heavy (non-hydrogen) atoms. The Morgan fingerprint density at radius 1 is 1.10 bits per heavy atom. The molecule has 0 atom stereocenters. The van der Waals surface area contributed by atoms with E-state index in [0.29, 0.717) is 20.8 Å². The first-order valence-corrected chi connectivity index (χ1v) is 10.5. The zero-order valence-electron chi connectivity index (χ0n) is 16.1. The van der Waals surface area contributed by atoms with Crippen LogP contribution in [0.1, 0.15) is 20.9 Å². The molecular formula is C21H16N4O3S2. The van der Waals surface area contributed by atoms with Crippen molar-refractivity contribution in [1.82, 2.24) is 10.2 Å². The highest BCUT2D eigenvalue weighted by Crippen LogP contribution is 2.37. The zero-order chi connectivity index (χ0) is 21.1. The van der Waals surface area contributed by atoms with Gasteiger partial charge in [0.15, 0.2) is 5.17 Å². The van der Waals surface area contributed by atoms with Gasteiger partial charge in [0, 0.05) is 0 Å². The Hall–Kier alpha value is -3.30. The average Bonchev–Trinajstić information content (AvgIpc) is 3.31. The molecule has 7 nitrogen and oxygen atoms in total. The molecular weight excluding hydrogens is 420 g/mol. The number of para-hydroxylation sites is 1. The number of aromatic nitrogens is 2. The number of nitrogens with zero attached hydrogens (tertiary/aromatic N) is 4. The van der Waals surface area contributed by atoms with Crippen LogP contribution in [0.25, 0.3) is 6.08 Å². The highest BCUT2D eigenvalue weighted by Gasteiger charge is 2.35. The number of carbonyl (C=O) groups is 2. The van der Waals surface area contributed by atoms with Crippen LogP contribution in [0.15, 0.2) is 64.5 Å². The van der Waals surface area contributed by atoms with E-state index in [0.717, 1.165) is 16.3 Å². The predicted molar refractivity (Wildman–Crippen MR) is 119 cm³/mol. The smallest absolute Gasteiger partial charge is 0.337 e. The Bertz CT molecular complexity index is 1150. The maximum atomic E-state index is 13.2. The number of ether oxygens (including phenoxy) is 1. The second-order valence-corrected chi connectivity index (χ2v) is 8.37. The molecule has 2 aromatic carbocycles. The molecule has 4 rings (SSSR count). The summed E-state index contributed by atoms with van der Waals surface area (Å²) < 4.78 is 4.72. The fourth-order valence-corrected chi connectivity index (χ4v) is 4.35. The monoisotopic (exact) mass is 436 g/mol. The number of thioether (sulfide) groups is 1. The number of carbonyl (C=O) groups excluding carboxylic acids is 2. The molecule has 1 fully saturated rings. The molecule has 0 radical (unpaired) electrons. The molecule has 1 amide bonds. The van der Waals surface area contributed by atoms with E-state index in [9.17, 15) is 9.59 Å². The summed E-state index contributed by atoms with van der Waals surface area (Å²) >= 11 is 2.63. The minimum absolute atomic E-state index is 0.178. The largest absolute Gasteiger partial charge is 0.465 e. The summed E-state index contributed by atoms with van der Waals surface area (Å²) in [5.74, 6) is -0.583. The molecule has 1 aliphatic rings. The lowest BCUT2D eigenvalue weighted by Gasteiger charge is -2.14. The summed E-state index contributed by atoms with van der Waals surface area (Å²) in [6, 6.07) is 16.2. The molecule has 2 heterocycles. The van der Waals surface area contributed by atoms with Gasteiger partial charge in [-0.1, -0.05) is 41.7 Å². The molecule has 1 aromatic heterocycles. The van der Waals surface area contributed by atoms with E-state index >= 15 is 0 Å². The lowest BCUT2D eigenvalue weighted by atomic mass is 10.1. The summed E-state index contributed by atoms with van der Waals surface area (Å²) in [5.41, 5.74) is 1.96. The van der Waals surface area contributed by atoms with Crippen LogP contribution in [0.5, 0.6) is 0 Å². The van der Waals surface area contributed by atoms with Gasteiger partial charge in [0.2, 0.25) is 5.13 Å². The molecule has 0 aliphatic carbocycles. The highest BCUT2D eigenvalue weighted by molar-refractivity contribution is 8.19. The third-order valence-electron chi connectivity index (χ3n) is 4.16. The van der Waals surface area contributed by atoms with Crippen molar-refractivity contribution in [3.05, 3.63) is 75.6 Å². The number of aliphatic imine (C=N–C) groups is 1. The molecule has 0 spiro atoms. The summed E-state index contributed by atoms with van der Waals surface area (Å²) in [5, 5.41) is 9.84. The second-order valence-electron chi connectivity index (χ2n) is 6.20. The van der Waals surface area contributed by atoms with Gasteiger partial charge in [-0.25, -0.2) is 4.79 Å². The maximum absolute atomic E-state index is 13.2. The molecule has 150 valence electrons. The lowest BCUT2D eigenvalue weighted by molar-refractivity contribution is -0.113. The van der Waals surface area contributed by atoms with Crippen molar-refractivity contribution in [3.8, 4) is 0 Å². The Kier molecular flexibility index (Phi) is 5.73. The highest BCUT2D eigenvalue weighted by atomic mass is 32.2. The number of methoxy groups -OCH3 is 1. The summed E-state index contributed by atoms with van der Waals surface area (Å²) in [6.45, 7) is 1.85. The minimum atomic E-state index is -0.405. The van der Waals surface area contributed by atoms with Crippen LogP contribution in [0.4, 0.5) is 10.8 Å². The van der Waals surface area contributed by atoms with E-state index in [-0.39, 0.29) is 5.91 Å². The van der Waals surface area contributed by atoms with Gasteiger partial charge in [-0.3, -0.25) is 9.69 Å². The fraction of sp³-hybridized carbons (Fsp3) is 0.0952. The summed E-state index contributed by atoms with van der Waals surface area (Å²) in [4.78, 5) is 31.4. The first-order chi connectivity index (χ1) is 14.5. The van der Waals surface area contributed by atoms with Gasteiger partial charge in [-0.2, -0.15) is 4.99 Å². The topological polar surface area (TPSA) is 84.8 Å². The summed E-state index contributed by atoms with van der Waals surface area (Å²) in [6.07, 6.45) is 1.78. The van der Waals surface area contributed by atoms with E-state index in [1.807, 2.05) is 37.3 Å². The number of hydrogen-bond acceptors (Lipinski definition) is 8. The van der Waals surface area contributed by atoms with Crippen molar-refractivity contribution >= 4 is 57.0 Å². The van der Waals surface area contributed by atoms with Crippen LogP contribution >= 0.6 is 23.1 Å². The first-order valence-electron chi connectivity index (χ1n) is 8.91. The van der Waals surface area contributed by atoms with Crippen LogP contribution in [0.3, 0.4) is 0 Å². The fourth-order valence-electron chi connectivity index (χ4n) is 2.75. The third kappa shape index (κ3) is 4.17. The van der Waals surface area contributed by atoms with E-state index in [2.05, 4.69) is 15.2 Å². The van der Waals surface area contributed by atoms with Gasteiger partial charge >= 0.3 is 5.97 Å². The van der Waals surface area contributed by atoms with E-state index < -0.39 is 5.97 Å². The number of amides is 1. The van der Waals surface area contributed by atoms with Gasteiger partial charge in [-0.05, 0) is 54.6 Å². The average molecular weight is 437 g/mol. The normalized spacial score (nSPS) is 16.5. The maximum Gasteiger partial charge on any atom is 0.337 e. The molecule has 3 aromatic rings. The number of hydrogen-bond donors (Lipinski definition) is 0. The van der Waals surface area contributed by atoms with Crippen molar-refractivity contribution in [2.75, 3.05) is 12.0 Å². The second kappa shape index (κ2) is 8.60. The molecule has 9 heteroatoms. The zero-order valence-corrected chi connectivity index (χ0v) is 17.7. The van der Waals surface area contributed by atoms with Gasteiger partial charge in [0.1, 0.15) is 5.01 Å². The molecule has 0 saturated carbocycles. The first kappa shape index (κ1) is 20.0. The number of anilines is 1.